The first-order chi connectivity index (χ1) is 18.3. The number of nitrogens with two attached hydrogens (primary N) is 2. The number of benzene rings is 2. The number of hydroxylamine groups is 2. The molecule has 2 aromatic carbocycles. The number of rotatable bonds is 8. The Kier molecular flexibility index (Phi) is 8.93. The Bertz CT molecular complexity index is 1330. The highest BCUT2D eigenvalue weighted by molar-refractivity contribution is 7.10. The molecule has 7 N–H and O–H groups in total. The van der Waals surface area contributed by atoms with Gasteiger partial charge in [0, 0.05) is 28.0 Å². The fraction of sp³-hybridized carbons (Fsp3) is 0.276. The number of carbonyl (C=O) groups is 2. The molecule has 1 aromatic heterocycles. The van der Waals surface area contributed by atoms with Crippen LogP contribution < -0.4 is 21.8 Å². The Morgan fingerprint density at radius 3 is 2.66 bits per heavy atom. The summed E-state index contributed by atoms with van der Waals surface area (Å²) in [5, 5.41) is 25.2. The maximum absolute atomic E-state index is 12.5. The van der Waals surface area contributed by atoms with Crippen LogP contribution in [0.25, 0.3) is 6.08 Å². The third-order valence-electron chi connectivity index (χ3n) is 6.62. The molecule has 1 fully saturated rings. The van der Waals surface area contributed by atoms with Gasteiger partial charge in [0.05, 0.1) is 18.0 Å². The van der Waals surface area contributed by atoms with Crippen molar-refractivity contribution in [2.45, 2.75) is 51.5 Å². The summed E-state index contributed by atoms with van der Waals surface area (Å²) in [6.07, 6.45) is 8.64. The predicted molar refractivity (Wildman–Crippen MR) is 153 cm³/mol. The monoisotopic (exact) mass is 532 g/mol. The molecular weight excluding hydrogens is 498 g/mol. The number of hydrogen-bond acceptors (Lipinski definition) is 5. The van der Waals surface area contributed by atoms with Gasteiger partial charge in [-0.25, -0.2) is 9.86 Å². The normalized spacial score (nSPS) is 13.8. The molecule has 0 spiro atoms. The Labute approximate surface area is 226 Å². The van der Waals surface area contributed by atoms with E-state index >= 15 is 0 Å². The molecule has 0 unspecified atom stereocenters. The van der Waals surface area contributed by atoms with Crippen LogP contribution in [0.2, 0.25) is 0 Å². The lowest BCUT2D eigenvalue weighted by Gasteiger charge is -2.29. The smallest absolute Gasteiger partial charge is 0.345 e. The van der Waals surface area contributed by atoms with E-state index in [9.17, 15) is 14.8 Å². The standard InChI is InChI=1S/C29H33N5O3S/c1-19-15-26(31)24(18-27(19)33-28(35)17-23-11-6-14-38-23)25(30)13-12-20-7-5-8-21(16-20)32-29(36)34(37)22-9-3-2-4-10-22/h5-8,11-16,18,22,30,37H,2-4,9-10,17,31H2,1H3,(H,32,36)(H,33,35)/p+1/b13-12+,30-25?. The lowest BCUT2D eigenvalue weighted by Crippen LogP contribution is -2.41. The second-order valence-corrected chi connectivity index (χ2v) is 10.6. The van der Waals surface area contributed by atoms with Gasteiger partial charge in [0.2, 0.25) is 11.6 Å². The molecule has 3 amide bonds. The van der Waals surface area contributed by atoms with Crippen LogP contribution in [-0.2, 0) is 11.2 Å². The van der Waals surface area contributed by atoms with E-state index < -0.39 is 6.03 Å². The lowest BCUT2D eigenvalue weighted by atomic mass is 9.95. The molecule has 9 heteroatoms. The van der Waals surface area contributed by atoms with Gasteiger partial charge in [0.15, 0.2) is 0 Å². The third-order valence-corrected chi connectivity index (χ3v) is 7.49. The number of hydrogen-bond donors (Lipinski definition) is 5. The highest BCUT2D eigenvalue weighted by atomic mass is 32.1. The quantitative estimate of drug-likeness (QED) is 0.125. The van der Waals surface area contributed by atoms with E-state index in [4.69, 9.17) is 11.1 Å². The number of allylic oxidation sites excluding steroid dienone is 1. The molecule has 0 bridgehead atoms. The highest BCUT2D eigenvalue weighted by Gasteiger charge is 2.24. The maximum Gasteiger partial charge on any atom is 0.345 e. The van der Waals surface area contributed by atoms with Crippen molar-refractivity contribution in [1.82, 2.24) is 5.06 Å². The fourth-order valence-electron chi connectivity index (χ4n) is 4.55. The van der Waals surface area contributed by atoms with Crippen molar-refractivity contribution < 1.29 is 20.2 Å². The van der Waals surface area contributed by atoms with Gasteiger partial charge in [0.25, 0.3) is 0 Å². The number of nitrogen functional groups attached to an aromatic ring is 1. The van der Waals surface area contributed by atoms with Crippen LogP contribution in [-0.4, -0.2) is 34.0 Å². The molecule has 8 nitrogen and oxygen atoms in total. The van der Waals surface area contributed by atoms with Gasteiger partial charge < -0.3 is 16.4 Å². The fourth-order valence-corrected chi connectivity index (χ4v) is 5.25. The molecule has 1 aliphatic carbocycles. The van der Waals surface area contributed by atoms with Crippen molar-refractivity contribution in [3.8, 4) is 0 Å². The van der Waals surface area contributed by atoms with Crippen LogP contribution in [0.3, 0.4) is 0 Å². The van der Waals surface area contributed by atoms with Crippen LogP contribution in [0, 0.1) is 6.92 Å². The summed E-state index contributed by atoms with van der Waals surface area (Å²) in [5.74, 6) is -0.107. The third kappa shape index (κ3) is 7.08. The number of amides is 3. The summed E-state index contributed by atoms with van der Waals surface area (Å²) >= 11 is 1.54. The van der Waals surface area contributed by atoms with E-state index in [-0.39, 0.29) is 11.9 Å². The SMILES string of the molecule is Cc1cc(N)c(C(=[NH2+])/C=C/c2cccc(NC(=O)N(O)C3CCCCC3)c2)cc1NC(=O)Cc1cccs1. The van der Waals surface area contributed by atoms with E-state index in [0.717, 1.165) is 53.2 Å². The minimum Gasteiger partial charge on any atom is -0.398 e. The van der Waals surface area contributed by atoms with E-state index in [1.54, 1.807) is 41.7 Å². The molecule has 0 aliphatic heterocycles. The highest BCUT2D eigenvalue weighted by Crippen LogP contribution is 2.25. The van der Waals surface area contributed by atoms with Crippen LogP contribution in [0.1, 0.15) is 53.7 Å². The van der Waals surface area contributed by atoms with Crippen molar-refractivity contribution in [2.75, 3.05) is 16.4 Å². The summed E-state index contributed by atoms with van der Waals surface area (Å²) in [7, 11) is 0. The minimum absolute atomic E-state index is 0.107. The number of carbonyl (C=O) groups excluding carboxylic acids is 2. The molecule has 38 heavy (non-hydrogen) atoms. The maximum atomic E-state index is 12.5. The van der Waals surface area contributed by atoms with Gasteiger partial charge in [-0.15, -0.1) is 11.3 Å². The zero-order valence-corrected chi connectivity index (χ0v) is 22.3. The summed E-state index contributed by atoms with van der Waals surface area (Å²) < 4.78 is 0. The number of urea groups is 1. The molecular formula is C29H34N5O3S+. The summed E-state index contributed by atoms with van der Waals surface area (Å²) in [5.41, 5.74) is 10.7. The molecule has 4 rings (SSSR count). The van der Waals surface area contributed by atoms with Crippen LogP contribution in [0.4, 0.5) is 21.9 Å². The number of aryl methyl sites for hydroxylation is 1. The van der Waals surface area contributed by atoms with Gasteiger partial charge in [-0.2, -0.15) is 0 Å². The Morgan fingerprint density at radius 2 is 1.92 bits per heavy atom. The largest absolute Gasteiger partial charge is 0.398 e. The number of nitrogens with one attached hydrogen (secondary N) is 2. The van der Waals surface area contributed by atoms with Crippen molar-refractivity contribution in [3.63, 3.8) is 0 Å². The molecule has 0 atom stereocenters. The van der Waals surface area contributed by atoms with Crippen LogP contribution >= 0.6 is 11.3 Å². The Hall–Kier alpha value is -3.95. The van der Waals surface area contributed by atoms with Gasteiger partial charge in [0.1, 0.15) is 0 Å². The van der Waals surface area contributed by atoms with Crippen LogP contribution in [0.15, 0.2) is 60.0 Å². The topological polar surface area (TPSA) is 133 Å². The van der Waals surface area contributed by atoms with E-state index in [1.807, 2.05) is 42.6 Å². The first-order valence-corrected chi connectivity index (χ1v) is 13.6. The van der Waals surface area contributed by atoms with Gasteiger partial charge >= 0.3 is 6.03 Å². The molecule has 0 radical (unpaired) electrons. The van der Waals surface area contributed by atoms with E-state index in [0.29, 0.717) is 34.8 Å². The van der Waals surface area contributed by atoms with Gasteiger partial charge in [-0.1, -0.05) is 37.5 Å². The molecule has 1 saturated carbocycles. The first kappa shape index (κ1) is 27.1. The van der Waals surface area contributed by atoms with Crippen LogP contribution in [0.5, 0.6) is 0 Å². The molecule has 1 aliphatic rings. The van der Waals surface area contributed by atoms with Crippen molar-refractivity contribution in [3.05, 3.63) is 81.6 Å². The summed E-state index contributed by atoms with van der Waals surface area (Å²) in [4.78, 5) is 26.0. The van der Waals surface area contributed by atoms with Crippen molar-refractivity contribution in [2.24, 2.45) is 0 Å². The second-order valence-electron chi connectivity index (χ2n) is 9.54. The zero-order chi connectivity index (χ0) is 27.1. The Morgan fingerprint density at radius 1 is 1.13 bits per heavy atom. The minimum atomic E-state index is -0.537. The summed E-state index contributed by atoms with van der Waals surface area (Å²) in [6, 6.07) is 14.0. The Balaban J connectivity index is 1.41. The zero-order valence-electron chi connectivity index (χ0n) is 21.4. The van der Waals surface area contributed by atoms with E-state index in [2.05, 4.69) is 10.6 Å². The average Bonchev–Trinajstić information content (AvgIpc) is 3.42. The molecule has 1 heterocycles. The summed E-state index contributed by atoms with van der Waals surface area (Å²) in [6.45, 7) is 1.88. The van der Waals surface area contributed by atoms with E-state index in [1.165, 1.54) is 0 Å². The number of nitrogens with zero attached hydrogens (tertiary/aromatic N) is 1. The first-order valence-electron chi connectivity index (χ1n) is 12.7. The predicted octanol–water partition coefficient (Wildman–Crippen LogP) is 4.64. The second kappa shape index (κ2) is 12.5. The molecule has 0 saturated heterocycles. The molecule has 3 aromatic rings. The average molecular weight is 533 g/mol. The molecule has 198 valence electrons. The lowest BCUT2D eigenvalue weighted by molar-refractivity contribution is -0.115. The van der Waals surface area contributed by atoms with Crippen molar-refractivity contribution >= 4 is 52.1 Å². The van der Waals surface area contributed by atoms with Crippen molar-refractivity contribution in [1.29, 1.82) is 0 Å². The van der Waals surface area contributed by atoms with Gasteiger partial charge in [-0.3, -0.25) is 15.4 Å². The number of anilines is 3. The number of thiophene rings is 1. The van der Waals surface area contributed by atoms with Gasteiger partial charge in [-0.05, 0) is 72.7 Å².